The number of methoxy groups -OCH3 is 1. The van der Waals surface area contributed by atoms with Crippen LogP contribution in [0.15, 0.2) is 48.5 Å². The first-order valence-corrected chi connectivity index (χ1v) is 8.52. The Labute approximate surface area is 161 Å². The Balaban J connectivity index is 2.29. The largest absolute Gasteiger partial charge is 0.496 e. The van der Waals surface area contributed by atoms with Gasteiger partial charge in [-0.05, 0) is 25.1 Å². The molecule has 0 bridgehead atoms. The summed E-state index contributed by atoms with van der Waals surface area (Å²) in [5, 5.41) is 4.91. The van der Waals surface area contributed by atoms with Crippen molar-refractivity contribution in [2.24, 2.45) is 0 Å². The summed E-state index contributed by atoms with van der Waals surface area (Å²) < 4.78 is 10.5. The molecule has 1 atom stereocenters. The summed E-state index contributed by atoms with van der Waals surface area (Å²) in [6.45, 7) is 2.05. The van der Waals surface area contributed by atoms with Gasteiger partial charge in [-0.25, -0.2) is 9.59 Å². The minimum atomic E-state index is -1.33. The van der Waals surface area contributed by atoms with E-state index in [2.05, 4.69) is 10.6 Å². The number of hydrogen-bond donors (Lipinski definition) is 2. The van der Waals surface area contributed by atoms with Crippen molar-refractivity contribution in [2.75, 3.05) is 13.7 Å². The molecule has 0 saturated carbocycles. The predicted molar refractivity (Wildman–Crippen MR) is 99.8 cm³/mol. The van der Waals surface area contributed by atoms with Crippen LogP contribution in [0.25, 0.3) is 0 Å². The van der Waals surface area contributed by atoms with E-state index in [0.717, 1.165) is 0 Å². The van der Waals surface area contributed by atoms with Gasteiger partial charge >= 0.3 is 12.0 Å². The third-order valence-corrected chi connectivity index (χ3v) is 3.76. The van der Waals surface area contributed by atoms with Crippen LogP contribution in [-0.4, -0.2) is 31.6 Å². The van der Waals surface area contributed by atoms with Crippen molar-refractivity contribution >= 4 is 29.5 Å². The number of esters is 1. The molecule has 0 aliphatic rings. The highest BCUT2D eigenvalue weighted by Crippen LogP contribution is 2.26. The van der Waals surface area contributed by atoms with E-state index in [4.69, 9.17) is 21.1 Å². The van der Waals surface area contributed by atoms with Gasteiger partial charge in [0.1, 0.15) is 11.3 Å². The average molecular weight is 391 g/mol. The third kappa shape index (κ3) is 5.46. The maximum absolute atomic E-state index is 12.6. The lowest BCUT2D eigenvalue weighted by atomic mass is 10.1. The minimum Gasteiger partial charge on any atom is -0.496 e. The lowest BCUT2D eigenvalue weighted by Crippen LogP contribution is -2.42. The number of carbonyl (C=O) groups is 3. The van der Waals surface area contributed by atoms with Gasteiger partial charge in [0.15, 0.2) is 0 Å². The van der Waals surface area contributed by atoms with Crippen LogP contribution < -0.4 is 15.4 Å². The first kappa shape index (κ1) is 20.3. The second kappa shape index (κ2) is 9.59. The van der Waals surface area contributed by atoms with E-state index < -0.39 is 24.0 Å². The van der Waals surface area contributed by atoms with Crippen molar-refractivity contribution in [1.29, 1.82) is 0 Å². The molecule has 2 rings (SSSR count). The van der Waals surface area contributed by atoms with Crippen LogP contribution in [-0.2, 0) is 9.53 Å². The van der Waals surface area contributed by atoms with Gasteiger partial charge in [0.25, 0.3) is 5.91 Å². The smallest absolute Gasteiger partial charge is 0.343 e. The van der Waals surface area contributed by atoms with Crippen molar-refractivity contribution in [3.05, 3.63) is 64.7 Å². The second-order valence-corrected chi connectivity index (χ2v) is 5.83. The molecule has 0 saturated heterocycles. The predicted octanol–water partition coefficient (Wildman–Crippen LogP) is 3.09. The molecule has 2 aromatic rings. The van der Waals surface area contributed by atoms with Crippen LogP contribution in [0, 0.1) is 0 Å². The molecule has 2 N–H and O–H groups in total. The Bertz CT molecular complexity index is 826. The van der Waals surface area contributed by atoms with E-state index >= 15 is 0 Å². The summed E-state index contributed by atoms with van der Waals surface area (Å²) in [6, 6.07) is 12.1. The summed E-state index contributed by atoms with van der Waals surface area (Å²) in [7, 11) is 1.40. The lowest BCUT2D eigenvalue weighted by molar-refractivity contribution is -0.129. The maximum Gasteiger partial charge on any atom is 0.343 e. The highest BCUT2D eigenvalue weighted by Gasteiger charge is 2.28. The molecule has 0 unspecified atom stereocenters. The van der Waals surface area contributed by atoms with Crippen molar-refractivity contribution in [3.8, 4) is 5.75 Å². The van der Waals surface area contributed by atoms with Crippen LogP contribution in [0.5, 0.6) is 5.75 Å². The Hall–Kier alpha value is -3.06. The normalized spacial score (nSPS) is 11.2. The van der Waals surface area contributed by atoms with Gasteiger partial charge in [-0.15, -0.1) is 0 Å². The van der Waals surface area contributed by atoms with Gasteiger partial charge in [0.2, 0.25) is 6.10 Å². The van der Waals surface area contributed by atoms with Crippen LogP contribution in [0.2, 0.25) is 5.02 Å². The number of amides is 3. The minimum absolute atomic E-state index is 0.0664. The molecule has 0 aromatic heterocycles. The maximum atomic E-state index is 12.6. The van der Waals surface area contributed by atoms with Crippen molar-refractivity contribution in [3.63, 3.8) is 0 Å². The summed E-state index contributed by atoms with van der Waals surface area (Å²) in [5.41, 5.74) is 0.477. The fourth-order valence-electron chi connectivity index (χ4n) is 2.29. The molecule has 7 nitrogen and oxygen atoms in total. The zero-order chi connectivity index (χ0) is 19.8. The lowest BCUT2D eigenvalue weighted by Gasteiger charge is -2.18. The van der Waals surface area contributed by atoms with Crippen molar-refractivity contribution in [1.82, 2.24) is 10.6 Å². The van der Waals surface area contributed by atoms with Gasteiger partial charge in [0.05, 0.1) is 7.11 Å². The number of benzene rings is 2. The fourth-order valence-corrected chi connectivity index (χ4v) is 2.47. The molecule has 142 valence electrons. The third-order valence-electron chi connectivity index (χ3n) is 3.52. The van der Waals surface area contributed by atoms with Gasteiger partial charge in [-0.1, -0.05) is 41.9 Å². The number of nitrogens with one attached hydrogen (secondary N) is 2. The summed E-state index contributed by atoms with van der Waals surface area (Å²) in [5.74, 6) is -1.34. The van der Waals surface area contributed by atoms with E-state index in [0.29, 0.717) is 17.1 Å². The van der Waals surface area contributed by atoms with Crippen LogP contribution >= 0.6 is 11.6 Å². The second-order valence-electron chi connectivity index (χ2n) is 5.39. The molecular formula is C19H19ClN2O5. The summed E-state index contributed by atoms with van der Waals surface area (Å²) >= 11 is 5.94. The quantitative estimate of drug-likeness (QED) is 0.739. The SMILES string of the molecule is CCNC(=O)NC(=O)[C@H](OC(=O)c1cc(Cl)ccc1OC)c1ccccc1. The van der Waals surface area contributed by atoms with Crippen molar-refractivity contribution < 1.29 is 23.9 Å². The molecular weight excluding hydrogens is 372 g/mol. The Morgan fingerprint density at radius 1 is 1.11 bits per heavy atom. The zero-order valence-electron chi connectivity index (χ0n) is 14.8. The van der Waals surface area contributed by atoms with E-state index in [9.17, 15) is 14.4 Å². The fraction of sp³-hybridized carbons (Fsp3) is 0.211. The molecule has 0 heterocycles. The molecule has 0 fully saturated rings. The van der Waals surface area contributed by atoms with Gasteiger partial charge in [-0.2, -0.15) is 0 Å². The van der Waals surface area contributed by atoms with Crippen LogP contribution in [0.3, 0.4) is 0 Å². The van der Waals surface area contributed by atoms with Gasteiger partial charge in [0, 0.05) is 17.1 Å². The molecule has 2 aromatic carbocycles. The number of imide groups is 1. The number of hydrogen-bond acceptors (Lipinski definition) is 5. The number of urea groups is 1. The Kier molecular flexibility index (Phi) is 7.19. The first-order chi connectivity index (χ1) is 13.0. The topological polar surface area (TPSA) is 93.7 Å². The Morgan fingerprint density at radius 2 is 1.81 bits per heavy atom. The van der Waals surface area contributed by atoms with Crippen LogP contribution in [0.4, 0.5) is 4.79 Å². The summed E-state index contributed by atoms with van der Waals surface area (Å²) in [6.07, 6.45) is -1.33. The molecule has 0 aliphatic carbocycles. The van der Waals surface area contributed by atoms with E-state index in [-0.39, 0.29) is 11.3 Å². The molecule has 3 amide bonds. The van der Waals surface area contributed by atoms with E-state index in [1.807, 2.05) is 0 Å². The van der Waals surface area contributed by atoms with Crippen molar-refractivity contribution in [2.45, 2.75) is 13.0 Å². The standard InChI is InChI=1S/C19H19ClN2O5/c1-3-21-19(25)22-17(23)16(12-7-5-4-6-8-12)27-18(24)14-11-13(20)9-10-15(14)26-2/h4-11,16H,3H2,1-2H3,(H2,21,22,23,25)/t16-/m1/s1. The monoisotopic (exact) mass is 390 g/mol. The van der Waals surface area contributed by atoms with E-state index in [1.165, 1.54) is 19.2 Å². The highest BCUT2D eigenvalue weighted by molar-refractivity contribution is 6.31. The summed E-state index contributed by atoms with van der Waals surface area (Å²) in [4.78, 5) is 36.8. The molecule has 0 spiro atoms. The molecule has 8 heteroatoms. The van der Waals surface area contributed by atoms with Gasteiger partial charge in [-0.3, -0.25) is 10.1 Å². The average Bonchev–Trinajstić information content (AvgIpc) is 2.66. The number of carbonyl (C=O) groups excluding carboxylic acids is 3. The van der Waals surface area contributed by atoms with Gasteiger partial charge < -0.3 is 14.8 Å². The number of halogens is 1. The Morgan fingerprint density at radius 3 is 2.44 bits per heavy atom. The number of rotatable bonds is 6. The first-order valence-electron chi connectivity index (χ1n) is 8.14. The highest BCUT2D eigenvalue weighted by atomic mass is 35.5. The van der Waals surface area contributed by atoms with Crippen LogP contribution in [0.1, 0.15) is 28.9 Å². The molecule has 0 aliphatic heterocycles. The molecule has 27 heavy (non-hydrogen) atoms. The zero-order valence-corrected chi connectivity index (χ0v) is 15.6. The number of ether oxygens (including phenoxy) is 2. The molecule has 0 radical (unpaired) electrons. The van der Waals surface area contributed by atoms with E-state index in [1.54, 1.807) is 43.3 Å².